The van der Waals surface area contributed by atoms with Crippen LogP contribution in [0.3, 0.4) is 0 Å². The minimum atomic E-state index is -0.802. The average Bonchev–Trinajstić information content (AvgIpc) is 2.12. The van der Waals surface area contributed by atoms with E-state index in [1.165, 1.54) is 6.08 Å². The van der Waals surface area contributed by atoms with Gasteiger partial charge in [-0.3, -0.25) is 0 Å². The first-order valence-corrected chi connectivity index (χ1v) is 3.94. The standard InChI is InChI=1S/C8H13NO4/c1-3-5-7(10)13-9-8(11)12-6-4-2/h4H,2-3,5-6H2,1H3,(H,9,11). The third-order valence-corrected chi connectivity index (χ3v) is 1.03. The molecule has 74 valence electrons. The highest BCUT2D eigenvalue weighted by Gasteiger charge is 2.04. The van der Waals surface area contributed by atoms with Gasteiger partial charge in [0.05, 0.1) is 0 Å². The van der Waals surface area contributed by atoms with Gasteiger partial charge in [0.2, 0.25) is 0 Å². The molecule has 0 aromatic carbocycles. The Morgan fingerprint density at radius 3 is 2.77 bits per heavy atom. The van der Waals surface area contributed by atoms with Gasteiger partial charge in [0.25, 0.3) is 0 Å². The highest BCUT2D eigenvalue weighted by molar-refractivity contribution is 5.73. The molecular formula is C8H13NO4. The molecule has 0 fully saturated rings. The monoisotopic (exact) mass is 187 g/mol. The van der Waals surface area contributed by atoms with Crippen LogP contribution >= 0.6 is 0 Å². The molecule has 1 amide bonds. The maximum absolute atomic E-state index is 10.7. The second-order valence-corrected chi connectivity index (χ2v) is 2.21. The molecule has 0 aromatic rings. The first kappa shape index (κ1) is 11.5. The Balaban J connectivity index is 3.45. The molecule has 5 heteroatoms. The van der Waals surface area contributed by atoms with Crippen LogP contribution in [0.25, 0.3) is 0 Å². The molecule has 0 saturated heterocycles. The molecular weight excluding hydrogens is 174 g/mol. The molecule has 0 aromatic heterocycles. The normalized spacial score (nSPS) is 8.69. The lowest BCUT2D eigenvalue weighted by atomic mass is 10.3. The number of hydrogen-bond acceptors (Lipinski definition) is 4. The van der Waals surface area contributed by atoms with Crippen molar-refractivity contribution in [3.8, 4) is 0 Å². The maximum atomic E-state index is 10.7. The van der Waals surface area contributed by atoms with E-state index in [0.717, 1.165) is 0 Å². The Labute approximate surface area is 76.7 Å². The van der Waals surface area contributed by atoms with E-state index in [9.17, 15) is 9.59 Å². The number of hydroxylamine groups is 1. The molecule has 0 aliphatic heterocycles. The molecule has 0 rings (SSSR count). The zero-order valence-corrected chi connectivity index (χ0v) is 7.54. The zero-order valence-electron chi connectivity index (χ0n) is 7.54. The number of carbonyl (C=O) groups excluding carboxylic acids is 2. The molecule has 1 N–H and O–H groups in total. The Bertz CT molecular complexity index is 191. The number of rotatable bonds is 4. The third kappa shape index (κ3) is 6.86. The van der Waals surface area contributed by atoms with Crippen molar-refractivity contribution in [2.75, 3.05) is 6.61 Å². The third-order valence-electron chi connectivity index (χ3n) is 1.03. The molecule has 0 bridgehead atoms. The number of amides is 1. The van der Waals surface area contributed by atoms with Crippen LogP contribution in [0.15, 0.2) is 12.7 Å². The smallest absolute Gasteiger partial charge is 0.441 e. The summed E-state index contributed by atoms with van der Waals surface area (Å²) in [6.45, 7) is 5.26. The summed E-state index contributed by atoms with van der Waals surface area (Å²) in [7, 11) is 0. The Kier molecular flexibility index (Phi) is 6.31. The molecule has 0 atom stereocenters. The summed E-state index contributed by atoms with van der Waals surface area (Å²) in [6.07, 6.45) is 1.54. The number of nitrogens with one attached hydrogen (secondary N) is 1. The van der Waals surface area contributed by atoms with E-state index in [1.807, 2.05) is 12.4 Å². The fourth-order valence-electron chi connectivity index (χ4n) is 0.518. The SMILES string of the molecule is C=CCOC(=O)NOC(=O)CCC. The second-order valence-electron chi connectivity index (χ2n) is 2.21. The summed E-state index contributed by atoms with van der Waals surface area (Å²) in [6, 6.07) is 0. The van der Waals surface area contributed by atoms with Crippen LogP contribution in [0, 0.1) is 0 Å². The second kappa shape index (κ2) is 7.15. The van der Waals surface area contributed by atoms with E-state index >= 15 is 0 Å². The Morgan fingerprint density at radius 2 is 2.23 bits per heavy atom. The van der Waals surface area contributed by atoms with Gasteiger partial charge in [-0.05, 0) is 6.42 Å². The molecule has 0 radical (unpaired) electrons. The van der Waals surface area contributed by atoms with Crippen molar-refractivity contribution in [2.45, 2.75) is 19.8 Å². The van der Waals surface area contributed by atoms with Crippen molar-refractivity contribution in [2.24, 2.45) is 0 Å². The summed E-state index contributed by atoms with van der Waals surface area (Å²) in [5, 5.41) is 0. The van der Waals surface area contributed by atoms with Crippen LogP contribution in [0.5, 0.6) is 0 Å². The van der Waals surface area contributed by atoms with E-state index < -0.39 is 12.1 Å². The van der Waals surface area contributed by atoms with Gasteiger partial charge in [0.15, 0.2) is 0 Å². The van der Waals surface area contributed by atoms with Crippen LogP contribution in [0.4, 0.5) is 4.79 Å². The fourth-order valence-corrected chi connectivity index (χ4v) is 0.518. The van der Waals surface area contributed by atoms with E-state index in [4.69, 9.17) is 0 Å². The summed E-state index contributed by atoms with van der Waals surface area (Å²) >= 11 is 0. The first-order valence-electron chi connectivity index (χ1n) is 3.94. The van der Waals surface area contributed by atoms with Crippen molar-refractivity contribution in [3.05, 3.63) is 12.7 Å². The van der Waals surface area contributed by atoms with Gasteiger partial charge in [-0.15, -0.1) is 5.48 Å². The highest BCUT2D eigenvalue weighted by Crippen LogP contribution is 1.89. The summed E-state index contributed by atoms with van der Waals surface area (Å²) in [4.78, 5) is 25.7. The quantitative estimate of drug-likeness (QED) is 0.529. The van der Waals surface area contributed by atoms with Crippen LogP contribution in [-0.4, -0.2) is 18.7 Å². The summed E-state index contributed by atoms with van der Waals surface area (Å²) in [5.74, 6) is -0.488. The number of ether oxygens (including phenoxy) is 1. The van der Waals surface area contributed by atoms with Gasteiger partial charge in [-0.25, -0.2) is 9.59 Å². The minimum absolute atomic E-state index is 0.0805. The zero-order chi connectivity index (χ0) is 10.1. The Hall–Kier alpha value is -1.52. The van der Waals surface area contributed by atoms with Gasteiger partial charge in [0, 0.05) is 6.42 Å². The molecule has 0 saturated carbocycles. The summed E-state index contributed by atoms with van der Waals surface area (Å²) in [5.41, 5.74) is 1.84. The van der Waals surface area contributed by atoms with Crippen molar-refractivity contribution in [3.63, 3.8) is 0 Å². The van der Waals surface area contributed by atoms with Crippen LogP contribution < -0.4 is 5.48 Å². The van der Waals surface area contributed by atoms with Crippen molar-refractivity contribution in [1.29, 1.82) is 0 Å². The van der Waals surface area contributed by atoms with Crippen LogP contribution in [-0.2, 0) is 14.4 Å². The van der Waals surface area contributed by atoms with E-state index in [0.29, 0.717) is 6.42 Å². The largest absolute Gasteiger partial charge is 0.443 e. The molecule has 0 aliphatic rings. The van der Waals surface area contributed by atoms with Gasteiger partial charge in [-0.1, -0.05) is 19.6 Å². The molecule has 0 aliphatic carbocycles. The minimum Gasteiger partial charge on any atom is -0.443 e. The van der Waals surface area contributed by atoms with Gasteiger partial charge in [-0.2, -0.15) is 0 Å². The van der Waals surface area contributed by atoms with E-state index in [2.05, 4.69) is 16.2 Å². The van der Waals surface area contributed by atoms with Crippen molar-refractivity contribution < 1.29 is 19.2 Å². The predicted molar refractivity (Wildman–Crippen MR) is 45.7 cm³/mol. The van der Waals surface area contributed by atoms with Gasteiger partial charge < -0.3 is 9.57 Å². The number of carbonyl (C=O) groups is 2. The molecule has 13 heavy (non-hydrogen) atoms. The molecule has 0 spiro atoms. The average molecular weight is 187 g/mol. The topological polar surface area (TPSA) is 64.6 Å². The van der Waals surface area contributed by atoms with Crippen LogP contribution in [0.2, 0.25) is 0 Å². The van der Waals surface area contributed by atoms with E-state index in [1.54, 1.807) is 0 Å². The van der Waals surface area contributed by atoms with Crippen molar-refractivity contribution in [1.82, 2.24) is 5.48 Å². The lowest BCUT2D eigenvalue weighted by Gasteiger charge is -2.04. The lowest BCUT2D eigenvalue weighted by Crippen LogP contribution is -2.27. The molecule has 0 heterocycles. The number of hydrogen-bond donors (Lipinski definition) is 1. The van der Waals surface area contributed by atoms with Gasteiger partial charge >= 0.3 is 12.1 Å². The van der Waals surface area contributed by atoms with Crippen LogP contribution in [0.1, 0.15) is 19.8 Å². The lowest BCUT2D eigenvalue weighted by molar-refractivity contribution is -0.149. The van der Waals surface area contributed by atoms with E-state index in [-0.39, 0.29) is 13.0 Å². The summed E-state index contributed by atoms with van der Waals surface area (Å²) < 4.78 is 4.47. The predicted octanol–water partition coefficient (Wildman–Crippen LogP) is 1.16. The molecule has 5 nitrogen and oxygen atoms in total. The molecule has 0 unspecified atom stereocenters. The highest BCUT2D eigenvalue weighted by atomic mass is 16.7. The fraction of sp³-hybridized carbons (Fsp3) is 0.500. The van der Waals surface area contributed by atoms with Crippen molar-refractivity contribution >= 4 is 12.1 Å². The maximum Gasteiger partial charge on any atom is 0.441 e. The first-order chi connectivity index (χ1) is 6.20. The van der Waals surface area contributed by atoms with Gasteiger partial charge in [0.1, 0.15) is 6.61 Å². The Morgan fingerprint density at radius 1 is 1.54 bits per heavy atom.